The number of nitrogens with zero attached hydrogens (tertiary/aromatic N) is 2. The fourth-order valence-corrected chi connectivity index (χ4v) is 2.26. The molecule has 0 aliphatic carbocycles. The van der Waals surface area contributed by atoms with Gasteiger partial charge in [0.2, 0.25) is 0 Å². The minimum absolute atomic E-state index is 0.228. The Morgan fingerprint density at radius 1 is 1.65 bits per heavy atom. The van der Waals surface area contributed by atoms with E-state index in [2.05, 4.69) is 19.9 Å². The molecule has 1 saturated heterocycles. The quantitative estimate of drug-likeness (QED) is 0.669. The minimum Gasteiger partial charge on any atom is -0.395 e. The fourth-order valence-electron chi connectivity index (χ4n) is 2.26. The molecular formula is C11H16N5O+. The van der Waals surface area contributed by atoms with Crippen LogP contribution in [-0.4, -0.2) is 39.2 Å². The Kier molecular flexibility index (Phi) is 2.45. The van der Waals surface area contributed by atoms with Crippen LogP contribution in [0.2, 0.25) is 0 Å². The lowest BCUT2D eigenvalue weighted by atomic mass is 10.0. The van der Waals surface area contributed by atoms with Gasteiger partial charge in [0, 0.05) is 30.9 Å². The van der Waals surface area contributed by atoms with Crippen molar-refractivity contribution < 1.29 is 10.1 Å². The molecule has 0 spiro atoms. The van der Waals surface area contributed by atoms with Crippen LogP contribution in [0.15, 0.2) is 12.4 Å². The second kappa shape index (κ2) is 3.97. The van der Waals surface area contributed by atoms with Crippen LogP contribution >= 0.6 is 0 Å². The second-order valence-electron chi connectivity index (χ2n) is 4.46. The third-order valence-corrected chi connectivity index (χ3v) is 3.41. The molecule has 0 bridgehead atoms. The highest BCUT2D eigenvalue weighted by molar-refractivity contribution is 5.77. The van der Waals surface area contributed by atoms with Crippen molar-refractivity contribution in [3.05, 3.63) is 18.0 Å². The lowest BCUT2D eigenvalue weighted by Crippen LogP contribution is -2.48. The lowest BCUT2D eigenvalue weighted by molar-refractivity contribution is -0.362. The number of aromatic amines is 2. The van der Waals surface area contributed by atoms with Gasteiger partial charge in [-0.1, -0.05) is 4.98 Å². The summed E-state index contributed by atoms with van der Waals surface area (Å²) in [5, 5.41) is 9.15. The van der Waals surface area contributed by atoms with Gasteiger partial charge in [0.05, 0.1) is 12.8 Å². The van der Waals surface area contributed by atoms with Crippen molar-refractivity contribution in [3.63, 3.8) is 0 Å². The predicted molar refractivity (Wildman–Crippen MR) is 63.0 cm³/mol. The first kappa shape index (κ1) is 10.5. The molecule has 0 aromatic carbocycles. The molecule has 90 valence electrons. The van der Waals surface area contributed by atoms with E-state index in [9.17, 15) is 0 Å². The van der Waals surface area contributed by atoms with Crippen LogP contribution in [0.1, 0.15) is 12.0 Å². The topological polar surface area (TPSA) is 92.3 Å². The highest BCUT2D eigenvalue weighted by atomic mass is 16.3. The van der Waals surface area contributed by atoms with Gasteiger partial charge in [-0.3, -0.25) is 10.6 Å². The average molecular weight is 234 g/mol. The first-order valence-electron chi connectivity index (χ1n) is 5.77. The van der Waals surface area contributed by atoms with Gasteiger partial charge in [0.1, 0.15) is 5.52 Å². The van der Waals surface area contributed by atoms with Crippen molar-refractivity contribution in [2.45, 2.75) is 19.0 Å². The van der Waals surface area contributed by atoms with Crippen molar-refractivity contribution >= 4 is 17.0 Å². The SMILES string of the molecule is Nc1nc2c(CN3CC[C@@H]3CO)c[nH]c2c[nH+]1. The maximum atomic E-state index is 9.15. The van der Waals surface area contributed by atoms with Gasteiger partial charge in [0.15, 0.2) is 5.52 Å². The van der Waals surface area contributed by atoms with Crippen molar-refractivity contribution in [1.82, 2.24) is 14.9 Å². The van der Waals surface area contributed by atoms with E-state index in [4.69, 9.17) is 10.8 Å². The standard InChI is InChI=1S/C11H15N5O/c12-11-14-4-9-10(15-11)7(3-13-9)5-16-2-1-8(16)6-17/h3-4,8,13,17H,1-2,5-6H2,(H2,12,14,15)/p+1/t8-/m1/s1. The third kappa shape index (κ3) is 1.75. The van der Waals surface area contributed by atoms with Gasteiger partial charge in [0.25, 0.3) is 0 Å². The lowest BCUT2D eigenvalue weighted by Gasteiger charge is -2.39. The number of fused-ring (bicyclic) bond motifs is 1. The van der Waals surface area contributed by atoms with Gasteiger partial charge in [-0.05, 0) is 6.42 Å². The van der Waals surface area contributed by atoms with E-state index in [1.165, 1.54) is 0 Å². The molecule has 3 heterocycles. The number of aliphatic hydroxyl groups is 1. The highest BCUT2D eigenvalue weighted by Crippen LogP contribution is 2.23. The van der Waals surface area contributed by atoms with Gasteiger partial charge in [-0.25, -0.2) is 4.98 Å². The summed E-state index contributed by atoms with van der Waals surface area (Å²) in [4.78, 5) is 12.6. The van der Waals surface area contributed by atoms with Crippen LogP contribution in [0.25, 0.3) is 11.0 Å². The Labute approximate surface area is 98.5 Å². The maximum absolute atomic E-state index is 9.15. The molecule has 5 N–H and O–H groups in total. The number of nitrogen functional groups attached to an aromatic ring is 1. The van der Waals surface area contributed by atoms with E-state index in [-0.39, 0.29) is 6.61 Å². The second-order valence-corrected chi connectivity index (χ2v) is 4.46. The van der Waals surface area contributed by atoms with E-state index in [1.807, 2.05) is 12.4 Å². The summed E-state index contributed by atoms with van der Waals surface area (Å²) in [7, 11) is 0. The Morgan fingerprint density at radius 3 is 3.24 bits per heavy atom. The number of anilines is 1. The fraction of sp³-hybridized carbons (Fsp3) is 0.455. The number of hydrogen-bond donors (Lipinski definition) is 3. The monoisotopic (exact) mass is 234 g/mol. The van der Waals surface area contributed by atoms with E-state index in [0.717, 1.165) is 36.1 Å². The number of aromatic nitrogens is 3. The van der Waals surface area contributed by atoms with Crippen LogP contribution < -0.4 is 10.7 Å². The zero-order valence-corrected chi connectivity index (χ0v) is 9.48. The number of aliphatic hydroxyl groups excluding tert-OH is 1. The smallest absolute Gasteiger partial charge is 0.387 e. The summed E-state index contributed by atoms with van der Waals surface area (Å²) in [6.45, 7) is 2.07. The van der Waals surface area contributed by atoms with Crippen molar-refractivity contribution in [2.75, 3.05) is 18.9 Å². The Balaban J connectivity index is 1.87. The van der Waals surface area contributed by atoms with E-state index < -0.39 is 0 Å². The van der Waals surface area contributed by atoms with Gasteiger partial charge in [-0.15, -0.1) is 0 Å². The van der Waals surface area contributed by atoms with E-state index in [1.54, 1.807) is 0 Å². The molecule has 0 amide bonds. The molecule has 0 radical (unpaired) electrons. The zero-order valence-electron chi connectivity index (χ0n) is 9.48. The summed E-state index contributed by atoms with van der Waals surface area (Å²) >= 11 is 0. The number of nitrogens with one attached hydrogen (secondary N) is 2. The molecule has 1 aliphatic rings. The Morgan fingerprint density at radius 2 is 2.53 bits per heavy atom. The zero-order chi connectivity index (χ0) is 11.8. The normalized spacial score (nSPS) is 20.6. The number of likely N-dealkylation sites (tertiary alicyclic amines) is 1. The van der Waals surface area contributed by atoms with E-state index >= 15 is 0 Å². The van der Waals surface area contributed by atoms with Crippen LogP contribution in [0, 0.1) is 0 Å². The van der Waals surface area contributed by atoms with Crippen molar-refractivity contribution in [2.24, 2.45) is 0 Å². The van der Waals surface area contributed by atoms with Crippen LogP contribution in [0.4, 0.5) is 5.95 Å². The molecule has 17 heavy (non-hydrogen) atoms. The average Bonchev–Trinajstić information content (AvgIpc) is 2.67. The molecule has 2 aromatic heterocycles. The summed E-state index contributed by atoms with van der Waals surface area (Å²) < 4.78 is 0. The summed E-state index contributed by atoms with van der Waals surface area (Å²) in [5.41, 5.74) is 8.63. The van der Waals surface area contributed by atoms with Gasteiger partial charge < -0.3 is 10.1 Å². The van der Waals surface area contributed by atoms with E-state index in [0.29, 0.717) is 12.0 Å². The number of rotatable bonds is 3. The Bertz CT molecular complexity index is 536. The molecule has 6 heteroatoms. The maximum Gasteiger partial charge on any atom is 0.387 e. The third-order valence-electron chi connectivity index (χ3n) is 3.41. The first-order chi connectivity index (χ1) is 8.28. The molecule has 1 aliphatic heterocycles. The molecule has 0 unspecified atom stereocenters. The summed E-state index contributed by atoms with van der Waals surface area (Å²) in [5.74, 6) is 0.417. The molecule has 3 rings (SSSR count). The predicted octanol–water partition coefficient (Wildman–Crippen LogP) is -0.474. The molecule has 2 aromatic rings. The number of nitrogens with two attached hydrogens (primary N) is 1. The van der Waals surface area contributed by atoms with Gasteiger partial charge in [-0.2, -0.15) is 0 Å². The van der Waals surface area contributed by atoms with Crippen LogP contribution in [-0.2, 0) is 6.54 Å². The molecule has 0 saturated carbocycles. The van der Waals surface area contributed by atoms with Crippen molar-refractivity contribution in [3.8, 4) is 0 Å². The molecule has 1 atom stereocenters. The largest absolute Gasteiger partial charge is 0.395 e. The number of H-pyrrole nitrogens is 2. The molecule has 1 fully saturated rings. The number of hydrogen-bond acceptors (Lipinski definition) is 4. The van der Waals surface area contributed by atoms with Crippen LogP contribution in [0.3, 0.4) is 0 Å². The minimum atomic E-state index is 0.228. The first-order valence-corrected chi connectivity index (χ1v) is 5.77. The summed E-state index contributed by atoms with van der Waals surface area (Å²) in [6, 6.07) is 0.299. The van der Waals surface area contributed by atoms with Crippen molar-refractivity contribution in [1.29, 1.82) is 0 Å². The highest BCUT2D eigenvalue weighted by Gasteiger charge is 2.28. The molecular weight excluding hydrogens is 218 g/mol. The Hall–Kier alpha value is -1.66. The summed E-state index contributed by atoms with van der Waals surface area (Å²) in [6.07, 6.45) is 4.85. The molecule has 6 nitrogen and oxygen atoms in total. The van der Waals surface area contributed by atoms with Gasteiger partial charge >= 0.3 is 5.95 Å². The van der Waals surface area contributed by atoms with Crippen LogP contribution in [0.5, 0.6) is 0 Å².